The highest BCUT2D eigenvalue weighted by Gasteiger charge is 2.39. The Bertz CT molecular complexity index is 273. The number of hydrogen-bond acceptors (Lipinski definition) is 2. The number of likely N-dealkylation sites (tertiary alicyclic amines) is 1. The molecule has 1 saturated carbocycles. The Labute approximate surface area is 104 Å². The van der Waals surface area contributed by atoms with E-state index in [9.17, 15) is 4.79 Å². The van der Waals surface area contributed by atoms with Gasteiger partial charge in [-0.15, -0.1) is 0 Å². The Balaban J connectivity index is 1.77. The van der Waals surface area contributed by atoms with Crippen LogP contribution in [0.1, 0.15) is 46.0 Å². The maximum absolute atomic E-state index is 10.9. The van der Waals surface area contributed by atoms with Crippen molar-refractivity contribution in [3.8, 4) is 0 Å². The first-order chi connectivity index (χ1) is 8.11. The average molecular weight is 239 g/mol. The van der Waals surface area contributed by atoms with Crippen LogP contribution in [0.2, 0.25) is 0 Å². The highest BCUT2D eigenvalue weighted by molar-refractivity contribution is 5.70. The van der Waals surface area contributed by atoms with Crippen molar-refractivity contribution in [3.63, 3.8) is 0 Å². The second kappa shape index (κ2) is 5.38. The molecule has 3 heteroatoms. The van der Waals surface area contributed by atoms with Crippen LogP contribution >= 0.6 is 0 Å². The molecule has 1 N–H and O–H groups in total. The van der Waals surface area contributed by atoms with Gasteiger partial charge < -0.3 is 5.11 Å². The van der Waals surface area contributed by atoms with Crippen LogP contribution in [0.5, 0.6) is 0 Å². The van der Waals surface area contributed by atoms with Gasteiger partial charge in [-0.25, -0.2) is 0 Å². The number of carboxylic acid groups (broad SMARTS) is 1. The van der Waals surface area contributed by atoms with E-state index in [1.165, 1.54) is 32.1 Å². The van der Waals surface area contributed by atoms with Crippen molar-refractivity contribution in [1.29, 1.82) is 0 Å². The van der Waals surface area contributed by atoms with Crippen molar-refractivity contribution in [2.24, 2.45) is 17.8 Å². The largest absolute Gasteiger partial charge is 0.481 e. The van der Waals surface area contributed by atoms with Gasteiger partial charge in [-0.1, -0.05) is 33.1 Å². The van der Waals surface area contributed by atoms with E-state index in [0.29, 0.717) is 5.92 Å². The molecule has 0 radical (unpaired) electrons. The molecule has 1 saturated heterocycles. The molecule has 3 atom stereocenters. The minimum atomic E-state index is -0.635. The third-order valence-electron chi connectivity index (χ3n) is 4.88. The standard InChI is InChI=1S/C14H25NO2/c1-3-11-5-4-6-13(7-11)15-8-12(9-15)10(2)14(16)17/h10-13H,3-9H2,1-2H3,(H,16,17). The van der Waals surface area contributed by atoms with Crippen molar-refractivity contribution in [1.82, 2.24) is 4.90 Å². The van der Waals surface area contributed by atoms with Crippen molar-refractivity contribution >= 4 is 5.97 Å². The molecule has 0 aromatic rings. The predicted molar refractivity (Wildman–Crippen MR) is 67.9 cm³/mol. The first kappa shape index (κ1) is 12.9. The summed E-state index contributed by atoms with van der Waals surface area (Å²) in [5.74, 6) is 0.487. The quantitative estimate of drug-likeness (QED) is 0.820. The fraction of sp³-hybridized carbons (Fsp3) is 0.929. The summed E-state index contributed by atoms with van der Waals surface area (Å²) in [4.78, 5) is 13.4. The number of carbonyl (C=O) groups is 1. The van der Waals surface area contributed by atoms with Crippen molar-refractivity contribution < 1.29 is 9.90 Å². The molecule has 2 fully saturated rings. The van der Waals surface area contributed by atoms with Gasteiger partial charge in [0.1, 0.15) is 0 Å². The van der Waals surface area contributed by atoms with Crippen LogP contribution in [0.25, 0.3) is 0 Å². The first-order valence-electron chi connectivity index (χ1n) is 7.08. The molecule has 17 heavy (non-hydrogen) atoms. The molecule has 0 bridgehead atoms. The molecule has 1 aliphatic carbocycles. The summed E-state index contributed by atoms with van der Waals surface area (Å²) < 4.78 is 0. The Morgan fingerprint density at radius 1 is 1.41 bits per heavy atom. The zero-order valence-corrected chi connectivity index (χ0v) is 11.1. The minimum absolute atomic E-state index is 0.170. The molecule has 3 nitrogen and oxygen atoms in total. The van der Waals surface area contributed by atoms with Gasteiger partial charge >= 0.3 is 5.97 Å². The predicted octanol–water partition coefficient (Wildman–Crippen LogP) is 2.61. The van der Waals surface area contributed by atoms with E-state index in [-0.39, 0.29) is 5.92 Å². The Morgan fingerprint density at radius 3 is 2.71 bits per heavy atom. The normalized spacial score (nSPS) is 33.1. The van der Waals surface area contributed by atoms with Gasteiger partial charge in [0.05, 0.1) is 5.92 Å². The summed E-state index contributed by atoms with van der Waals surface area (Å²) in [6.07, 6.45) is 6.73. The van der Waals surface area contributed by atoms with E-state index < -0.39 is 5.97 Å². The molecular formula is C14H25NO2. The highest BCUT2D eigenvalue weighted by Crippen LogP contribution is 2.34. The third-order valence-corrected chi connectivity index (χ3v) is 4.88. The average Bonchev–Trinajstić information content (AvgIpc) is 2.27. The van der Waals surface area contributed by atoms with Gasteiger partial charge in [0.25, 0.3) is 0 Å². The fourth-order valence-electron chi connectivity index (χ4n) is 3.33. The van der Waals surface area contributed by atoms with Crippen molar-refractivity contribution in [3.05, 3.63) is 0 Å². The van der Waals surface area contributed by atoms with Crippen LogP contribution in [0.3, 0.4) is 0 Å². The van der Waals surface area contributed by atoms with Gasteiger partial charge in [-0.05, 0) is 24.7 Å². The molecule has 0 spiro atoms. The monoisotopic (exact) mass is 239 g/mol. The van der Waals surface area contributed by atoms with Crippen molar-refractivity contribution in [2.75, 3.05) is 13.1 Å². The van der Waals surface area contributed by atoms with Crippen LogP contribution in [-0.4, -0.2) is 35.1 Å². The molecule has 98 valence electrons. The number of nitrogens with zero attached hydrogens (tertiary/aromatic N) is 1. The zero-order valence-electron chi connectivity index (χ0n) is 11.1. The summed E-state index contributed by atoms with van der Waals surface area (Å²) in [6, 6.07) is 0.742. The zero-order chi connectivity index (χ0) is 12.4. The van der Waals surface area contributed by atoms with E-state index in [2.05, 4.69) is 11.8 Å². The number of hydrogen-bond donors (Lipinski definition) is 1. The summed E-state index contributed by atoms with van der Waals surface area (Å²) in [5.41, 5.74) is 0. The maximum atomic E-state index is 10.9. The van der Waals surface area contributed by atoms with Crippen LogP contribution < -0.4 is 0 Å². The number of aliphatic carboxylic acids is 1. The van der Waals surface area contributed by atoms with E-state index in [0.717, 1.165) is 25.0 Å². The molecule has 2 rings (SSSR count). The van der Waals surface area contributed by atoms with Gasteiger partial charge in [0, 0.05) is 19.1 Å². The fourth-order valence-corrected chi connectivity index (χ4v) is 3.33. The van der Waals surface area contributed by atoms with E-state index in [1.807, 2.05) is 6.92 Å². The molecule has 0 amide bonds. The maximum Gasteiger partial charge on any atom is 0.306 e. The minimum Gasteiger partial charge on any atom is -0.481 e. The summed E-state index contributed by atoms with van der Waals surface area (Å²) in [6.45, 7) is 6.15. The topological polar surface area (TPSA) is 40.5 Å². The van der Waals surface area contributed by atoms with Gasteiger partial charge in [0.2, 0.25) is 0 Å². The Kier molecular flexibility index (Phi) is 4.08. The lowest BCUT2D eigenvalue weighted by Gasteiger charge is -2.48. The first-order valence-corrected chi connectivity index (χ1v) is 7.08. The molecule has 2 aliphatic rings. The van der Waals surface area contributed by atoms with Gasteiger partial charge in [-0.3, -0.25) is 9.69 Å². The highest BCUT2D eigenvalue weighted by atomic mass is 16.4. The van der Waals surface area contributed by atoms with Gasteiger partial charge in [0.15, 0.2) is 0 Å². The lowest BCUT2D eigenvalue weighted by Crippen LogP contribution is -2.56. The smallest absolute Gasteiger partial charge is 0.306 e. The molecule has 1 aliphatic heterocycles. The van der Waals surface area contributed by atoms with Crippen LogP contribution in [0.15, 0.2) is 0 Å². The van der Waals surface area contributed by atoms with Crippen LogP contribution in [0, 0.1) is 17.8 Å². The molecule has 3 unspecified atom stereocenters. The second-order valence-electron chi connectivity index (χ2n) is 5.94. The van der Waals surface area contributed by atoms with Crippen LogP contribution in [0.4, 0.5) is 0 Å². The Morgan fingerprint density at radius 2 is 2.12 bits per heavy atom. The van der Waals surface area contributed by atoms with Crippen molar-refractivity contribution in [2.45, 2.75) is 52.0 Å². The SMILES string of the molecule is CCC1CCCC(N2CC(C(C)C(=O)O)C2)C1. The van der Waals surface area contributed by atoms with Gasteiger partial charge in [-0.2, -0.15) is 0 Å². The van der Waals surface area contributed by atoms with E-state index in [1.54, 1.807) is 0 Å². The van der Waals surface area contributed by atoms with Crippen LogP contribution in [-0.2, 0) is 4.79 Å². The molecule has 1 heterocycles. The lowest BCUT2D eigenvalue weighted by molar-refractivity contribution is -0.146. The second-order valence-corrected chi connectivity index (χ2v) is 5.94. The summed E-state index contributed by atoms with van der Waals surface area (Å²) >= 11 is 0. The number of carboxylic acids is 1. The van der Waals surface area contributed by atoms with E-state index >= 15 is 0 Å². The molecular weight excluding hydrogens is 214 g/mol. The molecule has 0 aromatic heterocycles. The summed E-state index contributed by atoms with van der Waals surface area (Å²) in [5, 5.41) is 8.98. The summed E-state index contributed by atoms with van der Waals surface area (Å²) in [7, 11) is 0. The number of rotatable bonds is 4. The Hall–Kier alpha value is -0.570. The molecule has 0 aromatic carbocycles. The van der Waals surface area contributed by atoms with E-state index in [4.69, 9.17) is 5.11 Å². The lowest BCUT2D eigenvalue weighted by atomic mass is 9.79. The third kappa shape index (κ3) is 2.82.